The first kappa shape index (κ1) is 24.8. The Morgan fingerprint density at radius 2 is 1.83 bits per heavy atom. The van der Waals surface area contributed by atoms with E-state index in [4.69, 9.17) is 14.3 Å². The smallest absolute Gasteiger partial charge is 0.481 e. The minimum atomic E-state index is -4.84. The van der Waals surface area contributed by atoms with E-state index in [0.717, 1.165) is 12.1 Å². The van der Waals surface area contributed by atoms with E-state index in [0.29, 0.717) is 37.3 Å². The highest BCUT2D eigenvalue weighted by atomic mass is 19.4. The largest absolute Gasteiger partial charge is 0.573 e. The predicted molar refractivity (Wildman–Crippen MR) is 117 cm³/mol. The Labute approximate surface area is 201 Å². The fraction of sp³-hybridized carbons (Fsp3) is 0.318. The summed E-state index contributed by atoms with van der Waals surface area (Å²) in [5, 5.41) is 21.5. The van der Waals surface area contributed by atoms with Crippen molar-refractivity contribution >= 4 is 29.3 Å². The first-order valence-corrected chi connectivity index (χ1v) is 10.8. The summed E-state index contributed by atoms with van der Waals surface area (Å²) < 4.78 is 52.0. The number of anilines is 3. The third kappa shape index (κ3) is 6.84. The minimum Gasteiger partial charge on any atom is -0.481 e. The molecule has 2 aromatic heterocycles. The minimum absolute atomic E-state index is 0.126. The maximum Gasteiger partial charge on any atom is 0.573 e. The van der Waals surface area contributed by atoms with Crippen LogP contribution in [0, 0.1) is 5.92 Å². The lowest BCUT2D eigenvalue weighted by molar-refractivity contribution is -0.274. The molecule has 36 heavy (non-hydrogen) atoms. The maximum atomic E-state index is 12.4. The van der Waals surface area contributed by atoms with E-state index in [1.807, 2.05) is 0 Å². The summed E-state index contributed by atoms with van der Waals surface area (Å²) in [6.45, 7) is 0. The molecule has 4 rings (SSSR count). The van der Waals surface area contributed by atoms with Crippen LogP contribution in [-0.4, -0.2) is 44.6 Å². The number of aromatic nitrogens is 3. The number of carbonyl (C=O) groups excluding carboxylic acids is 1. The number of nitrogens with one attached hydrogen (secondary N) is 2. The average Bonchev–Trinajstić information content (AvgIpc) is 3.28. The van der Waals surface area contributed by atoms with E-state index in [9.17, 15) is 22.8 Å². The van der Waals surface area contributed by atoms with Crippen LogP contribution in [0.5, 0.6) is 11.6 Å². The van der Waals surface area contributed by atoms with E-state index in [1.165, 1.54) is 18.3 Å². The van der Waals surface area contributed by atoms with Crippen molar-refractivity contribution < 1.29 is 41.8 Å². The zero-order chi connectivity index (χ0) is 25.7. The van der Waals surface area contributed by atoms with E-state index >= 15 is 0 Å². The van der Waals surface area contributed by atoms with Crippen LogP contribution in [-0.2, 0) is 4.79 Å². The fourth-order valence-corrected chi connectivity index (χ4v) is 3.57. The summed E-state index contributed by atoms with van der Waals surface area (Å²) in [5.41, 5.74) is 0.496. The summed E-state index contributed by atoms with van der Waals surface area (Å²) >= 11 is 0. The molecule has 1 aliphatic rings. The second-order valence-electron chi connectivity index (χ2n) is 7.88. The van der Waals surface area contributed by atoms with Crippen molar-refractivity contribution in [2.45, 2.75) is 38.1 Å². The van der Waals surface area contributed by atoms with Gasteiger partial charge >= 0.3 is 30.1 Å². The van der Waals surface area contributed by atoms with Crippen LogP contribution in [0.1, 0.15) is 36.4 Å². The van der Waals surface area contributed by atoms with Crippen LogP contribution >= 0.6 is 0 Å². The molecule has 0 aliphatic heterocycles. The van der Waals surface area contributed by atoms with Gasteiger partial charge in [0.2, 0.25) is 5.88 Å². The van der Waals surface area contributed by atoms with Crippen LogP contribution in [0.3, 0.4) is 0 Å². The van der Waals surface area contributed by atoms with Crippen molar-refractivity contribution in [2.75, 3.05) is 10.6 Å². The van der Waals surface area contributed by atoms with Crippen LogP contribution in [0.15, 0.2) is 47.0 Å². The van der Waals surface area contributed by atoms with Crippen molar-refractivity contribution in [3.05, 3.63) is 48.5 Å². The third-order valence-corrected chi connectivity index (χ3v) is 5.24. The molecule has 3 N–H and O–H groups in total. The molecular weight excluding hydrogens is 487 g/mol. The summed E-state index contributed by atoms with van der Waals surface area (Å²) in [4.78, 5) is 27.6. The monoisotopic (exact) mass is 507 g/mol. The molecule has 11 nitrogen and oxygen atoms in total. The van der Waals surface area contributed by atoms with Gasteiger partial charge in [-0.1, -0.05) is 11.2 Å². The Balaban J connectivity index is 1.29. The number of hydrogen-bond acceptors (Lipinski definition) is 9. The van der Waals surface area contributed by atoms with E-state index in [2.05, 4.69) is 30.6 Å². The molecule has 0 bridgehead atoms. The molecule has 2 heterocycles. The van der Waals surface area contributed by atoms with Crippen molar-refractivity contribution in [3.63, 3.8) is 0 Å². The SMILES string of the molecule is O=C(Nc1ccc(O[C@H]2CC[C@H](C(=O)O)CC2)nc1)c1nnc(Nc2cccc(OC(F)(F)F)c2)o1. The third-order valence-electron chi connectivity index (χ3n) is 5.24. The number of alkyl halides is 3. The molecule has 1 amide bonds. The molecule has 190 valence electrons. The zero-order valence-electron chi connectivity index (χ0n) is 18.5. The molecule has 14 heteroatoms. The summed E-state index contributed by atoms with van der Waals surface area (Å²) in [6, 6.07) is 7.88. The zero-order valence-corrected chi connectivity index (χ0v) is 18.5. The standard InChI is InChI=1S/C22H20F3N5O6/c23-22(24,25)36-16-3-1-2-13(10-16)28-21-30-29-19(35-21)18(31)27-14-6-9-17(26-11-14)34-15-7-4-12(5-8-15)20(32)33/h1-3,6,9-12,15H,4-5,7-8H2,(H,27,31)(H,28,30)(H,32,33)/t12-,15-. The van der Waals surface area contributed by atoms with Gasteiger partial charge in [0, 0.05) is 17.8 Å². The Hall–Kier alpha value is -4.36. The number of nitrogens with zero attached hydrogens (tertiary/aromatic N) is 3. The molecular formula is C22H20F3N5O6. The highest BCUT2D eigenvalue weighted by Crippen LogP contribution is 2.28. The van der Waals surface area contributed by atoms with Gasteiger partial charge in [-0.25, -0.2) is 4.98 Å². The second-order valence-corrected chi connectivity index (χ2v) is 7.88. The van der Waals surface area contributed by atoms with Gasteiger partial charge in [-0.3, -0.25) is 9.59 Å². The van der Waals surface area contributed by atoms with E-state index < -0.39 is 29.9 Å². The Kier molecular flexibility index (Phi) is 7.22. The molecule has 0 atom stereocenters. The lowest BCUT2D eigenvalue weighted by Gasteiger charge is -2.26. The number of benzene rings is 1. The molecule has 0 saturated heterocycles. The van der Waals surface area contributed by atoms with Crippen LogP contribution in [0.4, 0.5) is 30.6 Å². The molecule has 0 spiro atoms. The van der Waals surface area contributed by atoms with Gasteiger partial charge in [0.15, 0.2) is 0 Å². The first-order valence-electron chi connectivity index (χ1n) is 10.8. The van der Waals surface area contributed by atoms with Crippen LogP contribution < -0.4 is 20.1 Å². The molecule has 1 aromatic carbocycles. The molecule has 1 aliphatic carbocycles. The number of carbonyl (C=O) groups is 2. The lowest BCUT2D eigenvalue weighted by Crippen LogP contribution is -2.28. The molecule has 1 fully saturated rings. The van der Waals surface area contributed by atoms with E-state index in [1.54, 1.807) is 12.1 Å². The first-order chi connectivity index (χ1) is 17.1. The molecule has 1 saturated carbocycles. The predicted octanol–water partition coefficient (Wildman–Crippen LogP) is 4.38. The van der Waals surface area contributed by atoms with Crippen LogP contribution in [0.2, 0.25) is 0 Å². The Morgan fingerprint density at radius 1 is 1.06 bits per heavy atom. The van der Waals surface area contributed by atoms with Crippen molar-refractivity contribution in [2.24, 2.45) is 5.92 Å². The van der Waals surface area contributed by atoms with Gasteiger partial charge in [-0.05, 0) is 43.9 Å². The summed E-state index contributed by atoms with van der Waals surface area (Å²) in [6.07, 6.45) is -1.27. The number of hydrogen-bond donors (Lipinski definition) is 3. The molecule has 3 aromatic rings. The van der Waals surface area contributed by atoms with Gasteiger partial charge in [-0.2, -0.15) is 0 Å². The summed E-state index contributed by atoms with van der Waals surface area (Å²) in [5.74, 6) is -2.36. The van der Waals surface area contributed by atoms with Crippen molar-refractivity contribution in [1.82, 2.24) is 15.2 Å². The van der Waals surface area contributed by atoms with Crippen LogP contribution in [0.25, 0.3) is 0 Å². The number of carboxylic acid groups (broad SMARTS) is 1. The average molecular weight is 507 g/mol. The van der Waals surface area contributed by atoms with Gasteiger partial charge in [-0.15, -0.1) is 18.3 Å². The van der Waals surface area contributed by atoms with Crippen molar-refractivity contribution in [1.29, 1.82) is 0 Å². The number of ether oxygens (including phenoxy) is 2. The fourth-order valence-electron chi connectivity index (χ4n) is 3.57. The number of rotatable bonds is 8. The van der Waals surface area contributed by atoms with Gasteiger partial charge < -0.3 is 29.6 Å². The lowest BCUT2D eigenvalue weighted by atomic mass is 9.87. The number of aliphatic carboxylic acids is 1. The Morgan fingerprint density at radius 3 is 2.50 bits per heavy atom. The van der Waals surface area contributed by atoms with E-state index in [-0.39, 0.29) is 23.7 Å². The highest BCUT2D eigenvalue weighted by Gasteiger charge is 2.31. The molecule has 0 unspecified atom stereocenters. The maximum absolute atomic E-state index is 12.4. The summed E-state index contributed by atoms with van der Waals surface area (Å²) in [7, 11) is 0. The topological polar surface area (TPSA) is 149 Å². The molecule has 0 radical (unpaired) electrons. The quantitative estimate of drug-likeness (QED) is 0.401. The Bertz CT molecular complexity index is 1210. The highest BCUT2D eigenvalue weighted by molar-refractivity contribution is 6.00. The normalized spacial score (nSPS) is 17.8. The van der Waals surface area contributed by atoms with Gasteiger partial charge in [0.1, 0.15) is 11.9 Å². The van der Waals surface area contributed by atoms with Crippen molar-refractivity contribution in [3.8, 4) is 11.6 Å². The second kappa shape index (κ2) is 10.5. The number of pyridine rings is 1. The van der Waals surface area contributed by atoms with Gasteiger partial charge in [0.05, 0.1) is 17.8 Å². The van der Waals surface area contributed by atoms with Gasteiger partial charge in [0.25, 0.3) is 0 Å². The number of carboxylic acids is 1. The number of amides is 1. The number of halogens is 3.